The third kappa shape index (κ3) is 6.15. The molecule has 0 fully saturated rings. The summed E-state index contributed by atoms with van der Waals surface area (Å²) in [5.41, 5.74) is 1.00. The molecule has 3 N–H and O–H groups in total. The SMILES string of the molecule is C=CCNS(=O)(=O)c1ccc(C(=O)Nc2ccc(C(=O)NCCC)c(Cl)c2)cc1. The Labute approximate surface area is 175 Å². The van der Waals surface area contributed by atoms with Gasteiger partial charge in [0.25, 0.3) is 11.8 Å². The molecule has 2 amide bonds. The van der Waals surface area contributed by atoms with Gasteiger partial charge in [0.1, 0.15) is 0 Å². The van der Waals surface area contributed by atoms with Crippen LogP contribution in [0.2, 0.25) is 5.02 Å². The molecule has 7 nitrogen and oxygen atoms in total. The number of carbonyl (C=O) groups excluding carboxylic acids is 2. The Morgan fingerprint density at radius 2 is 1.79 bits per heavy atom. The number of amides is 2. The summed E-state index contributed by atoms with van der Waals surface area (Å²) in [5, 5.41) is 5.62. The summed E-state index contributed by atoms with van der Waals surface area (Å²) in [6, 6.07) is 10.1. The monoisotopic (exact) mass is 435 g/mol. The van der Waals surface area contributed by atoms with Crippen molar-refractivity contribution >= 4 is 39.1 Å². The second-order valence-corrected chi connectivity index (χ2v) is 8.24. The standard InChI is InChI=1S/C20H22ClN3O4S/c1-3-11-22-20(26)17-10-7-15(13-18(17)21)24-19(25)14-5-8-16(9-6-14)29(27,28)23-12-4-2/h4-10,13,23H,2-3,11-12H2,1H3,(H,22,26)(H,24,25). The molecule has 0 heterocycles. The van der Waals surface area contributed by atoms with Gasteiger partial charge in [-0.15, -0.1) is 6.58 Å². The summed E-state index contributed by atoms with van der Waals surface area (Å²) < 4.78 is 26.4. The number of sulfonamides is 1. The van der Waals surface area contributed by atoms with E-state index in [0.717, 1.165) is 6.42 Å². The van der Waals surface area contributed by atoms with E-state index in [4.69, 9.17) is 11.6 Å². The largest absolute Gasteiger partial charge is 0.352 e. The molecule has 0 unspecified atom stereocenters. The molecule has 2 aromatic carbocycles. The smallest absolute Gasteiger partial charge is 0.255 e. The minimum absolute atomic E-state index is 0.0430. The molecule has 29 heavy (non-hydrogen) atoms. The fourth-order valence-corrected chi connectivity index (χ4v) is 3.62. The minimum atomic E-state index is -3.66. The van der Waals surface area contributed by atoms with Crippen LogP contribution < -0.4 is 15.4 Å². The molecule has 0 atom stereocenters. The quantitative estimate of drug-likeness (QED) is 0.526. The number of rotatable bonds is 9. The van der Waals surface area contributed by atoms with Crippen LogP contribution in [0.4, 0.5) is 5.69 Å². The highest BCUT2D eigenvalue weighted by Crippen LogP contribution is 2.22. The summed E-state index contributed by atoms with van der Waals surface area (Å²) in [4.78, 5) is 24.5. The highest BCUT2D eigenvalue weighted by atomic mass is 35.5. The van der Waals surface area contributed by atoms with E-state index in [-0.39, 0.29) is 27.9 Å². The number of hydrogen-bond acceptors (Lipinski definition) is 4. The molecular formula is C20H22ClN3O4S. The normalized spacial score (nSPS) is 11.0. The molecule has 0 bridgehead atoms. The van der Waals surface area contributed by atoms with Crippen LogP contribution in [0, 0.1) is 0 Å². The van der Waals surface area contributed by atoms with Gasteiger partial charge in [-0.2, -0.15) is 0 Å². The number of halogens is 1. The van der Waals surface area contributed by atoms with Crippen molar-refractivity contribution in [3.8, 4) is 0 Å². The number of carbonyl (C=O) groups is 2. The lowest BCUT2D eigenvalue weighted by atomic mass is 10.1. The van der Waals surface area contributed by atoms with Crippen molar-refractivity contribution in [3.63, 3.8) is 0 Å². The maximum absolute atomic E-state index is 12.4. The van der Waals surface area contributed by atoms with E-state index in [1.54, 1.807) is 6.07 Å². The first-order valence-electron chi connectivity index (χ1n) is 8.88. The zero-order valence-corrected chi connectivity index (χ0v) is 17.4. The molecule has 0 aliphatic heterocycles. The maximum atomic E-state index is 12.4. The average Bonchev–Trinajstić information content (AvgIpc) is 2.70. The second kappa shape index (κ2) is 10.2. The second-order valence-electron chi connectivity index (χ2n) is 6.07. The van der Waals surface area contributed by atoms with E-state index in [1.807, 2.05) is 6.92 Å². The van der Waals surface area contributed by atoms with E-state index in [9.17, 15) is 18.0 Å². The van der Waals surface area contributed by atoms with E-state index < -0.39 is 15.9 Å². The highest BCUT2D eigenvalue weighted by molar-refractivity contribution is 7.89. The molecule has 0 spiro atoms. The van der Waals surface area contributed by atoms with Crippen molar-refractivity contribution in [2.24, 2.45) is 0 Å². The topological polar surface area (TPSA) is 104 Å². The van der Waals surface area contributed by atoms with Crippen molar-refractivity contribution in [2.75, 3.05) is 18.4 Å². The molecule has 0 saturated heterocycles. The maximum Gasteiger partial charge on any atom is 0.255 e. The molecule has 0 aromatic heterocycles. The summed E-state index contributed by atoms with van der Waals surface area (Å²) in [6.07, 6.45) is 2.24. The summed E-state index contributed by atoms with van der Waals surface area (Å²) in [6.45, 7) is 6.06. The zero-order valence-electron chi connectivity index (χ0n) is 15.9. The number of nitrogens with one attached hydrogen (secondary N) is 3. The van der Waals surface area contributed by atoms with Crippen molar-refractivity contribution in [1.29, 1.82) is 0 Å². The molecule has 2 rings (SSSR count). The Hall–Kier alpha value is -2.68. The molecule has 0 saturated carbocycles. The zero-order chi connectivity index (χ0) is 21.4. The van der Waals surface area contributed by atoms with Crippen LogP contribution in [0.5, 0.6) is 0 Å². The van der Waals surface area contributed by atoms with Crippen LogP contribution in [0.1, 0.15) is 34.1 Å². The van der Waals surface area contributed by atoms with Crippen LogP contribution in [0.15, 0.2) is 60.0 Å². The third-order valence-electron chi connectivity index (χ3n) is 3.85. The molecule has 154 valence electrons. The number of hydrogen-bond donors (Lipinski definition) is 3. The summed E-state index contributed by atoms with van der Waals surface area (Å²) >= 11 is 6.15. The summed E-state index contributed by atoms with van der Waals surface area (Å²) in [7, 11) is -3.66. The van der Waals surface area contributed by atoms with Gasteiger partial charge < -0.3 is 10.6 Å². The number of anilines is 1. The average molecular weight is 436 g/mol. The Morgan fingerprint density at radius 3 is 2.38 bits per heavy atom. The molecule has 0 radical (unpaired) electrons. The van der Waals surface area contributed by atoms with Gasteiger partial charge in [-0.3, -0.25) is 9.59 Å². The van der Waals surface area contributed by atoms with Crippen molar-refractivity contribution in [3.05, 3.63) is 71.3 Å². The van der Waals surface area contributed by atoms with Crippen LogP contribution in [-0.4, -0.2) is 33.3 Å². The molecule has 0 aliphatic carbocycles. The van der Waals surface area contributed by atoms with Gasteiger partial charge in [0.2, 0.25) is 10.0 Å². The first kappa shape index (κ1) is 22.6. The summed E-state index contributed by atoms with van der Waals surface area (Å²) in [5.74, 6) is -0.719. The van der Waals surface area contributed by atoms with Gasteiger partial charge in [0.15, 0.2) is 0 Å². The lowest BCUT2D eigenvalue weighted by Gasteiger charge is -2.10. The Kier molecular flexibility index (Phi) is 7.95. The highest BCUT2D eigenvalue weighted by Gasteiger charge is 2.15. The predicted molar refractivity (Wildman–Crippen MR) is 114 cm³/mol. The van der Waals surface area contributed by atoms with Gasteiger partial charge in [0, 0.05) is 24.3 Å². The lowest BCUT2D eigenvalue weighted by molar-refractivity contribution is 0.0953. The van der Waals surface area contributed by atoms with Crippen molar-refractivity contribution in [1.82, 2.24) is 10.0 Å². The van der Waals surface area contributed by atoms with Crippen molar-refractivity contribution < 1.29 is 18.0 Å². The van der Waals surface area contributed by atoms with Crippen LogP contribution in [0.25, 0.3) is 0 Å². The Bertz CT molecular complexity index is 1000. The molecule has 0 aliphatic rings. The van der Waals surface area contributed by atoms with E-state index in [0.29, 0.717) is 17.8 Å². The van der Waals surface area contributed by atoms with E-state index >= 15 is 0 Å². The van der Waals surface area contributed by atoms with Gasteiger partial charge in [0.05, 0.1) is 15.5 Å². The van der Waals surface area contributed by atoms with E-state index in [2.05, 4.69) is 21.9 Å². The van der Waals surface area contributed by atoms with Gasteiger partial charge >= 0.3 is 0 Å². The van der Waals surface area contributed by atoms with Crippen molar-refractivity contribution in [2.45, 2.75) is 18.2 Å². The fourth-order valence-electron chi connectivity index (χ4n) is 2.35. The van der Waals surface area contributed by atoms with E-state index in [1.165, 1.54) is 42.5 Å². The first-order chi connectivity index (χ1) is 13.8. The van der Waals surface area contributed by atoms with Crippen LogP contribution in [-0.2, 0) is 10.0 Å². The molecular weight excluding hydrogens is 414 g/mol. The third-order valence-corrected chi connectivity index (χ3v) is 5.60. The van der Waals surface area contributed by atoms with Crippen LogP contribution in [0.3, 0.4) is 0 Å². The van der Waals surface area contributed by atoms with Gasteiger partial charge in [-0.05, 0) is 48.9 Å². The van der Waals surface area contributed by atoms with Gasteiger partial charge in [-0.1, -0.05) is 24.6 Å². The van der Waals surface area contributed by atoms with Gasteiger partial charge in [-0.25, -0.2) is 13.1 Å². The predicted octanol–water partition coefficient (Wildman–Crippen LogP) is 3.20. The molecule has 2 aromatic rings. The Morgan fingerprint density at radius 1 is 1.10 bits per heavy atom. The lowest BCUT2D eigenvalue weighted by Crippen LogP contribution is -2.24. The van der Waals surface area contributed by atoms with Crippen LogP contribution >= 0.6 is 11.6 Å². The Balaban J connectivity index is 2.09. The fraction of sp³-hybridized carbons (Fsp3) is 0.200. The first-order valence-corrected chi connectivity index (χ1v) is 10.7. The number of benzene rings is 2. The molecule has 9 heteroatoms. The minimum Gasteiger partial charge on any atom is -0.352 e.